The van der Waals surface area contributed by atoms with E-state index in [0.717, 1.165) is 0 Å². The third-order valence-corrected chi connectivity index (χ3v) is 10.5. The number of rotatable bonds is 8. The number of imidazole rings is 2. The number of nitrogen functional groups attached to an aromatic ring is 1. The highest BCUT2D eigenvalue weighted by atomic mass is 32.5. The molecule has 0 radical (unpaired) electrons. The lowest BCUT2D eigenvalue weighted by Crippen LogP contribution is -2.35. The summed E-state index contributed by atoms with van der Waals surface area (Å²) in [6, 6.07) is 0. The molecule has 25 heteroatoms. The Morgan fingerprint density at radius 2 is 1.80 bits per heavy atom. The van der Waals surface area contributed by atoms with Gasteiger partial charge < -0.3 is 54.1 Å². The van der Waals surface area contributed by atoms with Gasteiger partial charge in [-0.25, -0.2) is 19.9 Å². The molecule has 8 atom stereocenters. The van der Waals surface area contributed by atoms with Crippen molar-refractivity contribution in [3.8, 4) is 0 Å². The average Bonchev–Trinajstić information content (AvgIpc) is 3.75. The number of aliphatic hydroxyl groups excluding tert-OH is 2. The van der Waals surface area contributed by atoms with Crippen LogP contribution in [0.4, 0.5) is 11.8 Å². The van der Waals surface area contributed by atoms with Gasteiger partial charge in [-0.15, -0.1) is 0 Å². The lowest BCUT2D eigenvalue weighted by molar-refractivity contribution is -0.109. The van der Waals surface area contributed by atoms with Gasteiger partial charge in [-0.1, -0.05) is 13.8 Å². The Labute approximate surface area is 287 Å². The summed E-state index contributed by atoms with van der Waals surface area (Å²) in [6.07, 6.45) is -3.87. The number of H-pyrrole nitrogens is 1. The Hall–Kier alpha value is -2.60. The van der Waals surface area contributed by atoms with Crippen molar-refractivity contribution in [2.24, 2.45) is 5.92 Å². The summed E-state index contributed by atoms with van der Waals surface area (Å²) in [6.45, 7) is -5.76. The van der Waals surface area contributed by atoms with Gasteiger partial charge in [0, 0.05) is 6.54 Å². The van der Waals surface area contributed by atoms with Crippen LogP contribution in [0.1, 0.15) is 26.3 Å². The molecule has 49 heavy (non-hydrogen) atoms. The molecule has 21 nitrogen and oxygen atoms in total. The number of fused-ring (bicyclic) bond motifs is 4. The highest BCUT2D eigenvalue weighted by molar-refractivity contribution is 8.07. The number of nitrogens with zero attached hydrogens (tertiary/aromatic N) is 7. The maximum absolute atomic E-state index is 12.8. The van der Waals surface area contributed by atoms with Crippen LogP contribution in [0.15, 0.2) is 23.8 Å². The Bertz CT molecular complexity index is 1960. The van der Waals surface area contributed by atoms with Gasteiger partial charge in [0.25, 0.3) is 5.56 Å². The number of anilines is 2. The van der Waals surface area contributed by atoms with Crippen LogP contribution in [0.2, 0.25) is 0 Å². The zero-order valence-corrected chi connectivity index (χ0v) is 29.3. The molecule has 268 valence electrons. The summed E-state index contributed by atoms with van der Waals surface area (Å²) in [7, 11) is 0. The van der Waals surface area contributed by atoms with Crippen molar-refractivity contribution >= 4 is 71.1 Å². The van der Waals surface area contributed by atoms with Crippen molar-refractivity contribution in [3.05, 3.63) is 29.3 Å². The summed E-state index contributed by atoms with van der Waals surface area (Å²) in [4.78, 5) is 58.3. The molecule has 0 aromatic carbocycles. The van der Waals surface area contributed by atoms with Crippen molar-refractivity contribution in [1.29, 1.82) is 0 Å². The van der Waals surface area contributed by atoms with Gasteiger partial charge in [-0.05, 0) is 29.5 Å². The first-order valence-electron chi connectivity index (χ1n) is 14.8. The van der Waals surface area contributed by atoms with Gasteiger partial charge in [0.05, 0.1) is 39.1 Å². The van der Waals surface area contributed by atoms with Gasteiger partial charge in [0.2, 0.25) is 5.95 Å². The van der Waals surface area contributed by atoms with Crippen molar-refractivity contribution < 1.29 is 47.6 Å². The summed E-state index contributed by atoms with van der Waals surface area (Å²) in [5, 5.41) is 24.5. The number of nitrogens with one attached hydrogen (secondary N) is 2. The number of aromatic amines is 1. The van der Waals surface area contributed by atoms with Gasteiger partial charge in [0.15, 0.2) is 35.1 Å². The monoisotopic (exact) mass is 764 g/mol. The molecule has 8 N–H and O–H groups in total. The quantitative estimate of drug-likeness (QED) is 0.113. The molecular formula is C24H34N10O11P2S2. The molecule has 3 unspecified atom stereocenters. The predicted molar refractivity (Wildman–Crippen MR) is 178 cm³/mol. The Morgan fingerprint density at radius 3 is 2.53 bits per heavy atom. The molecule has 0 spiro atoms. The Balaban J connectivity index is 1.28. The number of aliphatic hydroxyl groups is 2. The molecule has 4 aromatic rings. The second-order valence-electron chi connectivity index (χ2n) is 11.4. The molecular weight excluding hydrogens is 730 g/mol. The molecule has 0 amide bonds. The molecule has 2 fully saturated rings. The second kappa shape index (κ2) is 14.6. The normalized spacial score (nSPS) is 30.6. The third-order valence-electron chi connectivity index (χ3n) is 7.40. The van der Waals surface area contributed by atoms with Crippen LogP contribution in [-0.2, 0) is 51.2 Å². The molecule has 2 bridgehead atoms. The third kappa shape index (κ3) is 8.00. The lowest BCUT2D eigenvalue weighted by atomic mass is 10.1. The van der Waals surface area contributed by atoms with Gasteiger partial charge in [-0.2, -0.15) is 4.98 Å². The van der Waals surface area contributed by atoms with Crippen LogP contribution in [0.5, 0.6) is 0 Å². The smallest absolute Gasteiger partial charge is 0.325 e. The number of nitrogens with two attached hydrogens (primary N) is 1. The average molecular weight is 765 g/mol. The van der Waals surface area contributed by atoms with Crippen molar-refractivity contribution in [2.45, 2.75) is 50.7 Å². The van der Waals surface area contributed by atoms with E-state index in [0.29, 0.717) is 6.54 Å². The standard InChI is InChI=1S/C24H34N10O11P2S2/c1-11(2)3-26-24-31-21-16(22(37)32-24)30-10-34(21)23-18-17(36)13(44-23)7-42-46(38,48)40-5-12(6-41-47(39,49)45-18)43-14(4-35)33-9-29-15-19(25)27-8-28-20(15)33/h8-14,17-18,23,35-36H,3-7H2,1-2H3,(H,38,48)(H,39,49)(H2,25,27,28)(H2,26,31,32,37)/t12-,13+,14+,17?,18-,23+,46?,47?/m0/s1. The summed E-state index contributed by atoms with van der Waals surface area (Å²) >= 11 is 10.5. The van der Waals surface area contributed by atoms with Crippen molar-refractivity contribution in [1.82, 2.24) is 39.0 Å². The summed E-state index contributed by atoms with van der Waals surface area (Å²) < 4.78 is 37.3. The van der Waals surface area contributed by atoms with Gasteiger partial charge in [-0.3, -0.25) is 23.4 Å². The predicted octanol–water partition coefficient (Wildman–Crippen LogP) is -0.374. The van der Waals surface area contributed by atoms with E-state index in [4.69, 9.17) is 56.9 Å². The van der Waals surface area contributed by atoms with Crippen LogP contribution in [0, 0.1) is 5.92 Å². The molecule has 0 saturated carbocycles. The topological polar surface area (TPSA) is 282 Å². The highest BCUT2D eigenvalue weighted by Crippen LogP contribution is 2.51. The number of aromatic nitrogens is 8. The molecule has 2 aliphatic rings. The van der Waals surface area contributed by atoms with E-state index >= 15 is 0 Å². The Morgan fingerprint density at radius 1 is 1.08 bits per heavy atom. The molecule has 2 saturated heterocycles. The first kappa shape index (κ1) is 36.2. The molecule has 2 aliphatic heterocycles. The highest BCUT2D eigenvalue weighted by Gasteiger charge is 2.49. The SMILES string of the molecule is CC(C)CNc1nc2c(ncn2[C@@H]2O[C@@H]3COP(O)(=S)OC[C@H](O[C@H](CO)n4cnc5c(N)ncnc54)COP(O)(=S)O[C@H]2C3O)c(=O)[nH]1. The molecule has 6 heterocycles. The van der Waals surface area contributed by atoms with Crippen LogP contribution in [-0.4, -0.2) is 116 Å². The maximum atomic E-state index is 12.8. The van der Waals surface area contributed by atoms with Crippen molar-refractivity contribution in [3.63, 3.8) is 0 Å². The molecule has 6 rings (SSSR count). The van der Waals surface area contributed by atoms with Crippen LogP contribution >= 0.6 is 13.4 Å². The van der Waals surface area contributed by atoms with Crippen molar-refractivity contribution in [2.75, 3.05) is 44.0 Å². The van der Waals surface area contributed by atoms with E-state index in [2.05, 4.69) is 35.2 Å². The van der Waals surface area contributed by atoms with Crippen LogP contribution in [0.25, 0.3) is 22.3 Å². The minimum absolute atomic E-state index is 0.0294. The van der Waals surface area contributed by atoms with E-state index in [9.17, 15) is 24.8 Å². The number of hydrogen-bond acceptors (Lipinski definition) is 18. The fourth-order valence-electron chi connectivity index (χ4n) is 5.06. The van der Waals surface area contributed by atoms with E-state index in [1.165, 1.54) is 28.1 Å². The minimum atomic E-state index is -4.22. The lowest BCUT2D eigenvalue weighted by Gasteiger charge is -2.29. The van der Waals surface area contributed by atoms with E-state index < -0.39 is 82.3 Å². The first-order chi connectivity index (χ1) is 23.2. The fraction of sp³-hybridized carbons (Fsp3) is 0.583. The number of hydrogen-bond donors (Lipinski definition) is 7. The van der Waals surface area contributed by atoms with E-state index in [1.54, 1.807) is 0 Å². The first-order valence-corrected chi connectivity index (χ1v) is 19.9. The second-order valence-corrected chi connectivity index (χ2v) is 17.1. The van der Waals surface area contributed by atoms with Crippen LogP contribution < -0.4 is 16.6 Å². The largest absolute Gasteiger partial charge is 0.392 e. The maximum Gasteiger partial charge on any atom is 0.325 e. The zero-order chi connectivity index (χ0) is 35.1. The fourth-order valence-corrected chi connectivity index (χ4v) is 7.62. The Kier molecular flexibility index (Phi) is 10.8. The van der Waals surface area contributed by atoms with E-state index in [-0.39, 0.29) is 40.0 Å². The molecule has 0 aliphatic carbocycles. The van der Waals surface area contributed by atoms with Crippen LogP contribution in [0.3, 0.4) is 0 Å². The van der Waals surface area contributed by atoms with Gasteiger partial charge >= 0.3 is 13.4 Å². The molecule has 4 aromatic heterocycles. The number of ether oxygens (including phenoxy) is 2. The minimum Gasteiger partial charge on any atom is -0.392 e. The summed E-state index contributed by atoms with van der Waals surface area (Å²) in [5.41, 5.74) is 5.92. The van der Waals surface area contributed by atoms with Gasteiger partial charge in [0.1, 0.15) is 36.3 Å². The van der Waals surface area contributed by atoms with E-state index in [1.807, 2.05) is 13.8 Å². The summed E-state index contributed by atoms with van der Waals surface area (Å²) in [5.74, 6) is 0.526. The zero-order valence-electron chi connectivity index (χ0n) is 25.9.